The number of ether oxygens (including phenoxy) is 1. The lowest BCUT2D eigenvalue weighted by molar-refractivity contribution is 0.0347. The van der Waals surface area contributed by atoms with Crippen LogP contribution in [0.2, 0.25) is 0 Å². The van der Waals surface area contributed by atoms with Crippen molar-refractivity contribution in [3.05, 3.63) is 0 Å². The van der Waals surface area contributed by atoms with E-state index in [0.717, 1.165) is 0 Å². The van der Waals surface area contributed by atoms with Gasteiger partial charge in [-0.3, -0.25) is 0 Å². The van der Waals surface area contributed by atoms with Gasteiger partial charge in [0, 0.05) is 7.11 Å². The fourth-order valence-electron chi connectivity index (χ4n) is 0.752. The van der Waals surface area contributed by atoms with Crippen LogP contribution >= 0.6 is 0 Å². The molecule has 0 aromatic carbocycles. The molecule has 0 spiro atoms. The summed E-state index contributed by atoms with van der Waals surface area (Å²) in [5.41, 5.74) is 0. The van der Waals surface area contributed by atoms with Crippen molar-refractivity contribution in [1.82, 2.24) is 0 Å². The molecule has 0 aliphatic heterocycles. The Morgan fingerprint density at radius 3 is 2.18 bits per heavy atom. The third kappa shape index (κ3) is 6.25. The molecule has 0 amide bonds. The molecule has 0 fully saturated rings. The van der Waals surface area contributed by atoms with E-state index in [4.69, 9.17) is 15.3 Å². The molecule has 4 heteroatoms. The average Bonchev–Trinajstić information content (AvgIpc) is 2.01. The Bertz CT molecular complexity index is 86.5. The summed E-state index contributed by atoms with van der Waals surface area (Å²) in [5.74, 6) is 0. The molecule has 68 valence electrons. The van der Waals surface area contributed by atoms with Crippen LogP contribution in [0, 0.1) is 0 Å². The van der Waals surface area contributed by atoms with Crippen molar-refractivity contribution >= 4 is 0 Å². The van der Waals surface area contributed by atoms with Crippen LogP contribution in [0.3, 0.4) is 0 Å². The molecule has 0 rings (SSSR count). The molecule has 0 aliphatic carbocycles. The van der Waals surface area contributed by atoms with Gasteiger partial charge in [-0.2, -0.15) is 0 Å². The van der Waals surface area contributed by atoms with E-state index in [9.17, 15) is 0 Å². The summed E-state index contributed by atoms with van der Waals surface area (Å²) in [5, 5.41) is 26.4. The molecule has 0 aromatic heterocycles. The third-order valence-electron chi connectivity index (χ3n) is 1.40. The van der Waals surface area contributed by atoms with Crippen LogP contribution in [0.5, 0.6) is 0 Å². The summed E-state index contributed by atoms with van der Waals surface area (Å²) in [4.78, 5) is 0. The van der Waals surface area contributed by atoms with Crippen LogP contribution in [0.15, 0.2) is 0 Å². The second-order valence-electron chi connectivity index (χ2n) is 2.52. The lowest BCUT2D eigenvalue weighted by atomic mass is 10.1. The molecule has 2 atom stereocenters. The molecular weight excluding hydrogens is 148 g/mol. The van der Waals surface area contributed by atoms with Crippen molar-refractivity contribution in [2.75, 3.05) is 20.3 Å². The van der Waals surface area contributed by atoms with Crippen molar-refractivity contribution < 1.29 is 20.1 Å². The van der Waals surface area contributed by atoms with E-state index < -0.39 is 12.2 Å². The molecule has 0 bridgehead atoms. The quantitative estimate of drug-likeness (QED) is 0.477. The van der Waals surface area contributed by atoms with Gasteiger partial charge in [-0.25, -0.2) is 0 Å². The van der Waals surface area contributed by atoms with Crippen LogP contribution in [0.1, 0.15) is 12.8 Å². The number of aliphatic hydroxyl groups excluding tert-OH is 3. The first-order valence-corrected chi connectivity index (χ1v) is 3.66. The minimum atomic E-state index is -0.721. The summed E-state index contributed by atoms with van der Waals surface area (Å²) in [6.07, 6.45) is -0.404. The Morgan fingerprint density at radius 1 is 1.18 bits per heavy atom. The predicted molar refractivity (Wildman–Crippen MR) is 40.2 cm³/mol. The normalized spacial score (nSPS) is 16.4. The molecular formula is C7H16O4. The zero-order chi connectivity index (χ0) is 8.69. The molecule has 0 saturated heterocycles. The molecule has 0 aromatic rings. The Balaban J connectivity index is 3.22. The molecule has 4 nitrogen and oxygen atoms in total. The molecule has 11 heavy (non-hydrogen) atoms. The van der Waals surface area contributed by atoms with Crippen molar-refractivity contribution in [3.8, 4) is 0 Å². The highest BCUT2D eigenvalue weighted by Crippen LogP contribution is 2.01. The van der Waals surface area contributed by atoms with Gasteiger partial charge in [0.25, 0.3) is 0 Å². The van der Waals surface area contributed by atoms with E-state index in [1.165, 1.54) is 7.11 Å². The molecule has 2 unspecified atom stereocenters. The highest BCUT2D eigenvalue weighted by Gasteiger charge is 2.07. The average molecular weight is 164 g/mol. The van der Waals surface area contributed by atoms with E-state index in [1.54, 1.807) is 0 Å². The second-order valence-corrected chi connectivity index (χ2v) is 2.52. The van der Waals surface area contributed by atoms with Gasteiger partial charge < -0.3 is 20.1 Å². The maximum Gasteiger partial charge on any atom is 0.0774 e. The first-order chi connectivity index (χ1) is 5.20. The second kappa shape index (κ2) is 6.54. The molecule has 0 saturated carbocycles. The first kappa shape index (κ1) is 10.8. The Kier molecular flexibility index (Phi) is 6.45. The summed E-state index contributed by atoms with van der Waals surface area (Å²) < 4.78 is 4.68. The zero-order valence-electron chi connectivity index (χ0n) is 6.73. The Hall–Kier alpha value is -0.160. The van der Waals surface area contributed by atoms with Gasteiger partial charge in [0.1, 0.15) is 0 Å². The third-order valence-corrected chi connectivity index (χ3v) is 1.40. The predicted octanol–water partition coefficient (Wildman–Crippen LogP) is -0.873. The number of aliphatic hydroxyl groups is 3. The van der Waals surface area contributed by atoms with E-state index in [-0.39, 0.29) is 13.2 Å². The number of methoxy groups -OCH3 is 1. The zero-order valence-corrected chi connectivity index (χ0v) is 6.73. The van der Waals surface area contributed by atoms with Gasteiger partial charge in [0.2, 0.25) is 0 Å². The Morgan fingerprint density at radius 2 is 1.73 bits per heavy atom. The lowest BCUT2D eigenvalue weighted by Gasteiger charge is -2.11. The van der Waals surface area contributed by atoms with Gasteiger partial charge in [-0.05, 0) is 12.8 Å². The highest BCUT2D eigenvalue weighted by molar-refractivity contribution is 4.59. The summed E-state index contributed by atoms with van der Waals surface area (Å²) >= 11 is 0. The fourth-order valence-corrected chi connectivity index (χ4v) is 0.752. The topological polar surface area (TPSA) is 69.9 Å². The maximum atomic E-state index is 9.08. The van der Waals surface area contributed by atoms with Crippen molar-refractivity contribution in [2.24, 2.45) is 0 Å². The van der Waals surface area contributed by atoms with Crippen LogP contribution in [0.4, 0.5) is 0 Å². The summed E-state index contributed by atoms with van der Waals surface area (Å²) in [6.45, 7) is 0.0256. The first-order valence-electron chi connectivity index (χ1n) is 3.66. The monoisotopic (exact) mass is 164 g/mol. The highest BCUT2D eigenvalue weighted by atomic mass is 16.5. The maximum absolute atomic E-state index is 9.08. The van der Waals surface area contributed by atoms with Gasteiger partial charge >= 0.3 is 0 Å². The standard InChI is InChI=1S/C7H16O4/c1-11-5-7(10)3-2-6(9)4-8/h6-10H,2-5H2,1H3. The van der Waals surface area contributed by atoms with Gasteiger partial charge in [0.05, 0.1) is 25.4 Å². The minimum absolute atomic E-state index is 0.250. The fraction of sp³-hybridized carbons (Fsp3) is 1.00. The van der Waals surface area contributed by atoms with Gasteiger partial charge in [0.15, 0.2) is 0 Å². The van der Waals surface area contributed by atoms with E-state index in [2.05, 4.69) is 4.74 Å². The molecule has 0 radical (unpaired) electrons. The largest absolute Gasteiger partial charge is 0.394 e. The SMILES string of the molecule is COCC(O)CCC(O)CO. The van der Waals surface area contributed by atoms with E-state index in [0.29, 0.717) is 12.8 Å². The molecule has 0 heterocycles. The van der Waals surface area contributed by atoms with Crippen molar-refractivity contribution in [3.63, 3.8) is 0 Å². The van der Waals surface area contributed by atoms with E-state index in [1.807, 2.05) is 0 Å². The summed E-state index contributed by atoms with van der Waals surface area (Å²) in [7, 11) is 1.51. The van der Waals surface area contributed by atoms with Gasteiger partial charge in [-0.1, -0.05) is 0 Å². The molecule has 0 aliphatic rings. The molecule has 3 N–H and O–H groups in total. The van der Waals surface area contributed by atoms with Crippen LogP contribution < -0.4 is 0 Å². The van der Waals surface area contributed by atoms with Crippen LogP contribution in [-0.4, -0.2) is 47.9 Å². The number of rotatable bonds is 6. The van der Waals surface area contributed by atoms with Crippen molar-refractivity contribution in [2.45, 2.75) is 25.0 Å². The Labute approximate surface area is 66.4 Å². The van der Waals surface area contributed by atoms with Crippen LogP contribution in [0.25, 0.3) is 0 Å². The van der Waals surface area contributed by atoms with E-state index >= 15 is 0 Å². The van der Waals surface area contributed by atoms with Gasteiger partial charge in [-0.15, -0.1) is 0 Å². The lowest BCUT2D eigenvalue weighted by Crippen LogP contribution is -2.19. The number of hydrogen-bond donors (Lipinski definition) is 3. The number of hydrogen-bond acceptors (Lipinski definition) is 4. The van der Waals surface area contributed by atoms with Crippen LogP contribution in [-0.2, 0) is 4.74 Å². The smallest absolute Gasteiger partial charge is 0.0774 e. The minimum Gasteiger partial charge on any atom is -0.394 e. The van der Waals surface area contributed by atoms with Crippen molar-refractivity contribution in [1.29, 1.82) is 0 Å². The summed E-state index contributed by atoms with van der Waals surface area (Å²) in [6, 6.07) is 0.